The average molecular weight is 439 g/mol. The highest BCUT2D eigenvalue weighted by Gasteiger charge is 2.25. The first kappa shape index (κ1) is 21.7. The highest BCUT2D eigenvalue weighted by molar-refractivity contribution is 7.99. The van der Waals surface area contributed by atoms with Crippen molar-refractivity contribution in [2.24, 2.45) is 0 Å². The molecule has 0 saturated heterocycles. The van der Waals surface area contributed by atoms with Crippen molar-refractivity contribution in [3.05, 3.63) is 54.0 Å². The second kappa shape index (κ2) is 9.30. The van der Waals surface area contributed by atoms with E-state index < -0.39 is 0 Å². The maximum Gasteiger partial charge on any atom is 0.230 e. The van der Waals surface area contributed by atoms with Crippen molar-refractivity contribution in [3.8, 4) is 11.4 Å². The fourth-order valence-corrected chi connectivity index (χ4v) is 4.80. The molecule has 1 aliphatic carbocycles. The van der Waals surface area contributed by atoms with Crippen LogP contribution in [0.1, 0.15) is 63.8 Å². The Morgan fingerprint density at radius 1 is 1.16 bits per heavy atom. The van der Waals surface area contributed by atoms with Crippen LogP contribution in [0.15, 0.2) is 52.2 Å². The number of furan rings is 1. The first-order valence-corrected chi connectivity index (χ1v) is 11.9. The minimum absolute atomic E-state index is 0.0431. The van der Waals surface area contributed by atoms with Gasteiger partial charge < -0.3 is 9.73 Å². The second-order valence-corrected chi connectivity index (χ2v) is 10.0. The minimum Gasteiger partial charge on any atom is -0.467 e. The van der Waals surface area contributed by atoms with Crippen LogP contribution in [0.2, 0.25) is 0 Å². The Hall–Kier alpha value is -2.54. The zero-order valence-electron chi connectivity index (χ0n) is 18.4. The van der Waals surface area contributed by atoms with Gasteiger partial charge >= 0.3 is 0 Å². The first-order chi connectivity index (χ1) is 14.9. The van der Waals surface area contributed by atoms with E-state index in [-0.39, 0.29) is 11.3 Å². The summed E-state index contributed by atoms with van der Waals surface area (Å²) in [6.45, 7) is 7.05. The molecule has 0 atom stereocenters. The SMILES string of the molecule is CC(C)(C)c1ccc(-c2nnc(SCC(=O)NCc3ccco3)n2C2CCCC2)cc1. The zero-order chi connectivity index (χ0) is 21.8. The molecular weight excluding hydrogens is 408 g/mol. The number of thioether (sulfide) groups is 1. The van der Waals surface area contributed by atoms with Crippen LogP contribution in [0.3, 0.4) is 0 Å². The van der Waals surface area contributed by atoms with Crippen molar-refractivity contribution in [2.75, 3.05) is 5.75 Å². The largest absolute Gasteiger partial charge is 0.467 e. The van der Waals surface area contributed by atoms with Gasteiger partial charge in [-0.1, -0.05) is 69.6 Å². The van der Waals surface area contributed by atoms with Gasteiger partial charge in [0.2, 0.25) is 5.91 Å². The van der Waals surface area contributed by atoms with Crippen molar-refractivity contribution in [2.45, 2.75) is 69.6 Å². The Bertz CT molecular complexity index is 997. The summed E-state index contributed by atoms with van der Waals surface area (Å²) >= 11 is 1.45. The van der Waals surface area contributed by atoms with E-state index in [1.807, 2.05) is 12.1 Å². The Morgan fingerprint density at radius 3 is 2.55 bits per heavy atom. The molecule has 1 N–H and O–H groups in total. The van der Waals surface area contributed by atoms with E-state index in [9.17, 15) is 4.79 Å². The number of carbonyl (C=O) groups is 1. The molecule has 31 heavy (non-hydrogen) atoms. The topological polar surface area (TPSA) is 73.0 Å². The molecule has 1 fully saturated rings. The third-order valence-corrected chi connectivity index (χ3v) is 6.68. The lowest BCUT2D eigenvalue weighted by molar-refractivity contribution is -0.118. The standard InChI is InChI=1S/C24H30N4O2S/c1-24(2,3)18-12-10-17(11-13-18)22-26-27-23(28(22)19-7-4-5-8-19)31-16-21(29)25-15-20-9-6-14-30-20/h6,9-14,19H,4-5,7-8,15-16H2,1-3H3,(H,25,29). The molecule has 6 nitrogen and oxygen atoms in total. The average Bonchev–Trinajstić information content (AvgIpc) is 3.51. The summed E-state index contributed by atoms with van der Waals surface area (Å²) < 4.78 is 7.52. The van der Waals surface area contributed by atoms with Crippen LogP contribution in [0.5, 0.6) is 0 Å². The highest BCUT2D eigenvalue weighted by Crippen LogP contribution is 2.37. The van der Waals surface area contributed by atoms with Crippen molar-refractivity contribution in [1.82, 2.24) is 20.1 Å². The van der Waals surface area contributed by atoms with Crippen LogP contribution < -0.4 is 5.32 Å². The van der Waals surface area contributed by atoms with Crippen LogP contribution in [0, 0.1) is 0 Å². The molecule has 7 heteroatoms. The molecule has 1 amide bonds. The number of benzene rings is 1. The van der Waals surface area contributed by atoms with E-state index in [1.54, 1.807) is 6.26 Å². The lowest BCUT2D eigenvalue weighted by Crippen LogP contribution is -2.24. The summed E-state index contributed by atoms with van der Waals surface area (Å²) in [6, 6.07) is 12.7. The molecule has 0 aliphatic heterocycles. The van der Waals surface area contributed by atoms with Gasteiger partial charge in [-0.2, -0.15) is 0 Å². The fraction of sp³-hybridized carbons (Fsp3) is 0.458. The molecule has 4 rings (SSSR count). The maximum atomic E-state index is 12.3. The molecule has 1 aliphatic rings. The predicted octanol–water partition coefficient (Wildman–Crippen LogP) is 5.36. The van der Waals surface area contributed by atoms with Gasteiger partial charge in [-0.3, -0.25) is 9.36 Å². The number of aromatic nitrogens is 3. The number of nitrogens with one attached hydrogen (secondary N) is 1. The van der Waals surface area contributed by atoms with E-state index in [0.717, 1.165) is 35.1 Å². The van der Waals surface area contributed by atoms with Crippen LogP contribution in [0.4, 0.5) is 0 Å². The van der Waals surface area contributed by atoms with Crippen molar-refractivity contribution >= 4 is 17.7 Å². The van der Waals surface area contributed by atoms with Gasteiger partial charge in [0.15, 0.2) is 11.0 Å². The monoisotopic (exact) mass is 438 g/mol. The summed E-state index contributed by atoms with van der Waals surface area (Å²) in [5.41, 5.74) is 2.48. The molecule has 1 aromatic carbocycles. The third kappa shape index (κ3) is 5.21. The fourth-order valence-electron chi connectivity index (χ4n) is 3.96. The molecular formula is C24H30N4O2S. The Morgan fingerprint density at radius 2 is 1.90 bits per heavy atom. The molecule has 2 aromatic heterocycles. The zero-order valence-corrected chi connectivity index (χ0v) is 19.2. The number of carbonyl (C=O) groups excluding carboxylic acids is 1. The van der Waals surface area contributed by atoms with Gasteiger partial charge in [0.25, 0.3) is 0 Å². The number of amides is 1. The highest BCUT2D eigenvalue weighted by atomic mass is 32.2. The van der Waals surface area contributed by atoms with Crippen LogP contribution in [-0.4, -0.2) is 26.4 Å². The normalized spacial score (nSPS) is 14.8. The number of hydrogen-bond acceptors (Lipinski definition) is 5. The van der Waals surface area contributed by atoms with Gasteiger partial charge in [0.1, 0.15) is 5.76 Å². The number of hydrogen-bond donors (Lipinski definition) is 1. The Balaban J connectivity index is 1.50. The molecule has 0 spiro atoms. The molecule has 0 unspecified atom stereocenters. The van der Waals surface area contributed by atoms with Crippen molar-refractivity contribution < 1.29 is 9.21 Å². The Kier molecular flexibility index (Phi) is 6.51. The summed E-state index contributed by atoms with van der Waals surface area (Å²) in [4.78, 5) is 12.3. The first-order valence-electron chi connectivity index (χ1n) is 10.9. The summed E-state index contributed by atoms with van der Waals surface area (Å²) in [5.74, 6) is 1.90. The van der Waals surface area contributed by atoms with Crippen LogP contribution >= 0.6 is 11.8 Å². The number of rotatable bonds is 7. The smallest absolute Gasteiger partial charge is 0.230 e. The summed E-state index contributed by atoms with van der Waals surface area (Å²) in [7, 11) is 0. The second-order valence-electron chi connectivity index (χ2n) is 9.09. The summed E-state index contributed by atoms with van der Waals surface area (Å²) in [5, 5.41) is 12.7. The molecule has 0 bridgehead atoms. The predicted molar refractivity (Wildman–Crippen MR) is 123 cm³/mol. The van der Waals surface area contributed by atoms with Crippen LogP contribution in [0.25, 0.3) is 11.4 Å². The minimum atomic E-state index is -0.0431. The summed E-state index contributed by atoms with van der Waals surface area (Å²) in [6.07, 6.45) is 6.31. The van der Waals surface area contributed by atoms with E-state index in [4.69, 9.17) is 4.42 Å². The van der Waals surface area contributed by atoms with Crippen LogP contribution in [-0.2, 0) is 16.8 Å². The van der Waals surface area contributed by atoms with E-state index in [0.29, 0.717) is 18.3 Å². The van der Waals surface area contributed by atoms with Gasteiger partial charge in [0.05, 0.1) is 18.6 Å². The van der Waals surface area contributed by atoms with Gasteiger partial charge in [-0.25, -0.2) is 0 Å². The molecule has 1 saturated carbocycles. The number of nitrogens with zero attached hydrogens (tertiary/aromatic N) is 3. The lowest BCUT2D eigenvalue weighted by atomic mass is 9.86. The Labute approximate surface area is 187 Å². The molecule has 3 aromatic rings. The third-order valence-electron chi connectivity index (χ3n) is 5.74. The van der Waals surface area contributed by atoms with E-state index >= 15 is 0 Å². The van der Waals surface area contributed by atoms with Crippen molar-refractivity contribution in [1.29, 1.82) is 0 Å². The van der Waals surface area contributed by atoms with Gasteiger partial charge in [-0.05, 0) is 36.0 Å². The van der Waals surface area contributed by atoms with E-state index in [2.05, 4.69) is 65.1 Å². The molecule has 164 valence electrons. The van der Waals surface area contributed by atoms with Crippen molar-refractivity contribution in [3.63, 3.8) is 0 Å². The molecule has 0 radical (unpaired) electrons. The van der Waals surface area contributed by atoms with Gasteiger partial charge in [0, 0.05) is 11.6 Å². The lowest BCUT2D eigenvalue weighted by Gasteiger charge is -2.20. The maximum absolute atomic E-state index is 12.3. The van der Waals surface area contributed by atoms with Gasteiger partial charge in [-0.15, -0.1) is 10.2 Å². The quantitative estimate of drug-likeness (QED) is 0.503. The molecule has 2 heterocycles. The van der Waals surface area contributed by atoms with E-state index in [1.165, 1.54) is 30.2 Å².